The Morgan fingerprint density at radius 3 is 1.76 bits per heavy atom. The predicted octanol–water partition coefficient (Wildman–Crippen LogP) is 4.41. The maximum atomic E-state index is 12.3. The number of Topliss-reactive ketones (excluding diaryl/α,β-unsaturated/α-hetero) is 1. The van der Waals surface area contributed by atoms with Crippen LogP contribution in [0.25, 0.3) is 0 Å². The lowest BCUT2D eigenvalue weighted by atomic mass is 9.51. The van der Waals surface area contributed by atoms with Gasteiger partial charge in [-0.2, -0.15) is 0 Å². The fourth-order valence-corrected chi connectivity index (χ4v) is 3.36. The third-order valence-corrected chi connectivity index (χ3v) is 5.53. The summed E-state index contributed by atoms with van der Waals surface area (Å²) in [5, 5.41) is 0. The summed E-state index contributed by atoms with van der Waals surface area (Å²) in [7, 11) is 0. The zero-order valence-corrected chi connectivity index (χ0v) is 15.0. The van der Waals surface area contributed by atoms with Crippen molar-refractivity contribution in [3.8, 4) is 0 Å². The summed E-state index contributed by atoms with van der Waals surface area (Å²) < 4.78 is 11.8. The van der Waals surface area contributed by atoms with E-state index in [0.717, 1.165) is 11.1 Å². The molecule has 0 radical (unpaired) electrons. The Morgan fingerprint density at radius 1 is 0.800 bits per heavy atom. The number of hydrogen-bond acceptors (Lipinski definition) is 3. The number of benzene rings is 2. The van der Waals surface area contributed by atoms with Crippen molar-refractivity contribution in [3.05, 3.63) is 71.8 Å². The second-order valence-electron chi connectivity index (χ2n) is 7.45. The van der Waals surface area contributed by atoms with Gasteiger partial charge in [-0.25, -0.2) is 0 Å². The molecule has 0 aromatic heterocycles. The standard InChI is InChI=1S/C22H26O3/c1-21(16-24-14-18-9-5-3-6-10-18)13-20(23)22(21,2)17-25-15-19-11-7-4-8-12-19/h3-12H,13-17H2,1-2H3/t21-,22-/m0/s1. The maximum Gasteiger partial charge on any atom is 0.142 e. The first-order chi connectivity index (χ1) is 12.0. The molecular weight excluding hydrogens is 312 g/mol. The highest BCUT2D eigenvalue weighted by atomic mass is 16.5. The van der Waals surface area contributed by atoms with Gasteiger partial charge in [0.1, 0.15) is 5.78 Å². The van der Waals surface area contributed by atoms with Crippen LogP contribution in [-0.2, 0) is 27.5 Å². The zero-order valence-electron chi connectivity index (χ0n) is 15.0. The van der Waals surface area contributed by atoms with E-state index >= 15 is 0 Å². The first kappa shape index (κ1) is 17.8. The van der Waals surface area contributed by atoms with Crippen LogP contribution in [0.5, 0.6) is 0 Å². The van der Waals surface area contributed by atoms with Gasteiger partial charge in [-0.1, -0.05) is 67.6 Å². The van der Waals surface area contributed by atoms with Gasteiger partial charge in [-0.05, 0) is 18.1 Å². The molecule has 0 saturated heterocycles. The number of rotatable bonds is 8. The highest BCUT2D eigenvalue weighted by molar-refractivity contribution is 5.92. The molecule has 1 fully saturated rings. The van der Waals surface area contributed by atoms with Crippen molar-refractivity contribution in [2.45, 2.75) is 33.5 Å². The van der Waals surface area contributed by atoms with E-state index in [1.54, 1.807) is 0 Å². The first-order valence-corrected chi connectivity index (χ1v) is 8.80. The first-order valence-electron chi connectivity index (χ1n) is 8.80. The van der Waals surface area contributed by atoms with E-state index in [9.17, 15) is 4.79 Å². The van der Waals surface area contributed by atoms with Crippen molar-refractivity contribution >= 4 is 5.78 Å². The van der Waals surface area contributed by atoms with Crippen molar-refractivity contribution in [1.82, 2.24) is 0 Å². The normalized spacial score (nSPS) is 25.6. The molecule has 3 nitrogen and oxygen atoms in total. The number of ether oxygens (including phenoxy) is 2. The molecule has 0 spiro atoms. The molecule has 1 saturated carbocycles. The SMILES string of the molecule is C[C@@]1(COCc2ccccc2)CC(=O)[C@]1(C)COCc1ccccc1. The van der Waals surface area contributed by atoms with Gasteiger partial charge in [-0.3, -0.25) is 4.79 Å². The van der Waals surface area contributed by atoms with Crippen LogP contribution in [0.15, 0.2) is 60.7 Å². The molecule has 0 aliphatic heterocycles. The lowest BCUT2D eigenvalue weighted by Crippen LogP contribution is -2.60. The molecule has 0 amide bonds. The lowest BCUT2D eigenvalue weighted by Gasteiger charge is -2.53. The van der Waals surface area contributed by atoms with E-state index in [2.05, 4.69) is 19.1 Å². The quantitative estimate of drug-likeness (QED) is 0.715. The van der Waals surface area contributed by atoms with E-state index in [4.69, 9.17) is 9.47 Å². The van der Waals surface area contributed by atoms with Gasteiger partial charge >= 0.3 is 0 Å². The van der Waals surface area contributed by atoms with Crippen molar-refractivity contribution < 1.29 is 14.3 Å². The molecule has 1 aliphatic rings. The van der Waals surface area contributed by atoms with E-state index in [0.29, 0.717) is 32.8 Å². The minimum absolute atomic E-state index is 0.171. The fourth-order valence-electron chi connectivity index (χ4n) is 3.36. The smallest absolute Gasteiger partial charge is 0.142 e. The Labute approximate surface area is 150 Å². The Balaban J connectivity index is 1.52. The summed E-state index contributed by atoms with van der Waals surface area (Å²) in [6.07, 6.45) is 0.562. The van der Waals surface area contributed by atoms with Crippen LogP contribution in [0.3, 0.4) is 0 Å². The average molecular weight is 338 g/mol. The van der Waals surface area contributed by atoms with Crippen molar-refractivity contribution in [1.29, 1.82) is 0 Å². The van der Waals surface area contributed by atoms with Gasteiger partial charge in [0.05, 0.1) is 31.8 Å². The molecule has 132 valence electrons. The fraction of sp³-hybridized carbons (Fsp3) is 0.409. The minimum atomic E-state index is -0.474. The number of carbonyl (C=O) groups is 1. The molecule has 2 aromatic rings. The molecule has 2 aromatic carbocycles. The second kappa shape index (κ2) is 7.51. The summed E-state index contributed by atoms with van der Waals surface area (Å²) in [5.41, 5.74) is 1.63. The predicted molar refractivity (Wildman–Crippen MR) is 98.0 cm³/mol. The summed E-state index contributed by atoms with van der Waals surface area (Å²) in [6.45, 7) is 6.25. The van der Waals surface area contributed by atoms with Crippen molar-refractivity contribution in [3.63, 3.8) is 0 Å². The average Bonchev–Trinajstić information content (AvgIpc) is 2.63. The monoisotopic (exact) mass is 338 g/mol. The second-order valence-corrected chi connectivity index (χ2v) is 7.45. The van der Waals surface area contributed by atoms with Gasteiger partial charge in [0.25, 0.3) is 0 Å². The molecule has 0 N–H and O–H groups in total. The van der Waals surface area contributed by atoms with Crippen LogP contribution < -0.4 is 0 Å². The van der Waals surface area contributed by atoms with Crippen LogP contribution >= 0.6 is 0 Å². The number of carbonyl (C=O) groups excluding carboxylic acids is 1. The highest BCUT2D eigenvalue weighted by Gasteiger charge is 2.60. The van der Waals surface area contributed by atoms with Crippen LogP contribution in [0, 0.1) is 10.8 Å². The molecule has 2 atom stereocenters. The Kier molecular flexibility index (Phi) is 5.36. The van der Waals surface area contributed by atoms with Gasteiger partial charge in [0, 0.05) is 11.8 Å². The van der Waals surface area contributed by atoms with Gasteiger partial charge < -0.3 is 9.47 Å². The van der Waals surface area contributed by atoms with Gasteiger partial charge in [-0.15, -0.1) is 0 Å². The summed E-state index contributed by atoms with van der Waals surface area (Å²) in [6, 6.07) is 20.2. The van der Waals surface area contributed by atoms with E-state index < -0.39 is 5.41 Å². The third kappa shape index (κ3) is 3.83. The largest absolute Gasteiger partial charge is 0.376 e. The zero-order chi connectivity index (χ0) is 17.8. The summed E-state index contributed by atoms with van der Waals surface area (Å²) in [5.74, 6) is 0.270. The third-order valence-electron chi connectivity index (χ3n) is 5.53. The molecule has 3 rings (SSSR count). The summed E-state index contributed by atoms with van der Waals surface area (Å²) in [4.78, 5) is 12.3. The Hall–Kier alpha value is -1.97. The molecule has 0 heterocycles. The molecule has 3 heteroatoms. The van der Waals surface area contributed by atoms with Crippen LogP contribution in [0.2, 0.25) is 0 Å². The van der Waals surface area contributed by atoms with E-state index in [-0.39, 0.29) is 11.2 Å². The summed E-state index contributed by atoms with van der Waals surface area (Å²) >= 11 is 0. The Bertz CT molecular complexity index is 698. The number of ketones is 1. The molecule has 1 aliphatic carbocycles. The lowest BCUT2D eigenvalue weighted by molar-refractivity contribution is -0.176. The van der Waals surface area contributed by atoms with E-state index in [1.807, 2.05) is 55.5 Å². The molecule has 0 bridgehead atoms. The minimum Gasteiger partial charge on any atom is -0.376 e. The molecular formula is C22H26O3. The van der Waals surface area contributed by atoms with Crippen LogP contribution in [-0.4, -0.2) is 19.0 Å². The number of hydrogen-bond donors (Lipinski definition) is 0. The van der Waals surface area contributed by atoms with Crippen LogP contribution in [0.1, 0.15) is 31.4 Å². The molecule has 0 unspecified atom stereocenters. The highest BCUT2D eigenvalue weighted by Crippen LogP contribution is 2.54. The van der Waals surface area contributed by atoms with Gasteiger partial charge in [0.15, 0.2) is 0 Å². The van der Waals surface area contributed by atoms with Crippen LogP contribution in [0.4, 0.5) is 0 Å². The Morgan fingerprint density at radius 2 is 1.28 bits per heavy atom. The molecule has 25 heavy (non-hydrogen) atoms. The van der Waals surface area contributed by atoms with Gasteiger partial charge in [0.2, 0.25) is 0 Å². The van der Waals surface area contributed by atoms with E-state index in [1.165, 1.54) is 0 Å². The maximum absolute atomic E-state index is 12.3. The van der Waals surface area contributed by atoms with Crippen molar-refractivity contribution in [2.75, 3.05) is 13.2 Å². The topological polar surface area (TPSA) is 35.5 Å². The van der Waals surface area contributed by atoms with Crippen molar-refractivity contribution in [2.24, 2.45) is 10.8 Å².